The summed E-state index contributed by atoms with van der Waals surface area (Å²) in [7, 11) is 0. The summed E-state index contributed by atoms with van der Waals surface area (Å²) in [6, 6.07) is 16.8. The van der Waals surface area contributed by atoms with Gasteiger partial charge in [0.1, 0.15) is 0 Å². The lowest BCUT2D eigenvalue weighted by atomic mass is 9.70. The number of nitrogens with zero attached hydrogens (tertiary/aromatic N) is 1. The molecule has 2 heterocycles. The molecule has 0 radical (unpaired) electrons. The molecule has 3 aliphatic rings. The highest BCUT2D eigenvalue weighted by molar-refractivity contribution is 5.95. The standard InChI is InChI=1S/C26H31N3O2/c30-24(28-23-10-15-29(18-23)14-9-19-4-2-1-3-5-19)21-6-7-22-17-26(11-8-20(22)16-21)12-13-27-25(26)31/h1-7,16,23H,8-15,17-18H2,(H,27,31)(H,28,30)/t23-,26?/m1/s1. The van der Waals surface area contributed by atoms with Gasteiger partial charge in [-0.3, -0.25) is 9.59 Å². The molecule has 2 aromatic carbocycles. The van der Waals surface area contributed by atoms with Gasteiger partial charge in [0.2, 0.25) is 5.91 Å². The Hall–Kier alpha value is -2.66. The molecule has 162 valence electrons. The zero-order valence-electron chi connectivity index (χ0n) is 18.0. The molecule has 2 saturated heterocycles. The van der Waals surface area contributed by atoms with Crippen molar-refractivity contribution >= 4 is 11.8 Å². The SMILES string of the molecule is O=C(N[C@@H]1CCN(CCc2ccccc2)C1)c1ccc2c(c1)CCC1(CCNC1=O)C2. The molecule has 2 aromatic rings. The van der Waals surface area contributed by atoms with Gasteiger partial charge in [-0.25, -0.2) is 0 Å². The van der Waals surface area contributed by atoms with E-state index < -0.39 is 0 Å². The van der Waals surface area contributed by atoms with Crippen molar-refractivity contribution in [3.63, 3.8) is 0 Å². The van der Waals surface area contributed by atoms with Crippen LogP contribution >= 0.6 is 0 Å². The molecule has 5 nitrogen and oxygen atoms in total. The predicted octanol–water partition coefficient (Wildman–Crippen LogP) is 2.73. The number of likely N-dealkylation sites (tertiary alicyclic amines) is 1. The van der Waals surface area contributed by atoms with Gasteiger partial charge in [-0.2, -0.15) is 0 Å². The van der Waals surface area contributed by atoms with Crippen molar-refractivity contribution in [3.8, 4) is 0 Å². The maximum atomic E-state index is 12.9. The Labute approximate surface area is 184 Å². The van der Waals surface area contributed by atoms with Gasteiger partial charge in [-0.1, -0.05) is 36.4 Å². The van der Waals surface area contributed by atoms with Gasteiger partial charge in [-0.15, -0.1) is 0 Å². The Morgan fingerprint density at radius 2 is 2.00 bits per heavy atom. The second kappa shape index (κ2) is 8.46. The third-order valence-corrected chi connectivity index (χ3v) is 7.41. The summed E-state index contributed by atoms with van der Waals surface area (Å²) in [4.78, 5) is 27.6. The summed E-state index contributed by atoms with van der Waals surface area (Å²) < 4.78 is 0. The van der Waals surface area contributed by atoms with Gasteiger partial charge in [0.15, 0.2) is 0 Å². The number of hydrogen-bond acceptors (Lipinski definition) is 3. The lowest BCUT2D eigenvalue weighted by Crippen LogP contribution is -2.38. The summed E-state index contributed by atoms with van der Waals surface area (Å²) in [5.74, 6) is 0.231. The van der Waals surface area contributed by atoms with Crippen LogP contribution in [-0.4, -0.2) is 48.9 Å². The number of carbonyl (C=O) groups is 2. The molecule has 31 heavy (non-hydrogen) atoms. The van der Waals surface area contributed by atoms with E-state index in [1.807, 2.05) is 12.1 Å². The quantitative estimate of drug-likeness (QED) is 0.786. The first-order chi connectivity index (χ1) is 15.1. The number of rotatable bonds is 5. The minimum atomic E-state index is -0.218. The first-order valence-electron chi connectivity index (χ1n) is 11.6. The number of benzene rings is 2. The van der Waals surface area contributed by atoms with Crippen molar-refractivity contribution in [3.05, 3.63) is 70.8 Å². The van der Waals surface area contributed by atoms with Gasteiger partial charge in [0.25, 0.3) is 5.91 Å². The molecule has 5 rings (SSSR count). The third kappa shape index (κ3) is 4.24. The Kier molecular flexibility index (Phi) is 5.53. The molecule has 2 aliphatic heterocycles. The molecule has 1 aliphatic carbocycles. The first-order valence-corrected chi connectivity index (χ1v) is 11.6. The molecule has 1 unspecified atom stereocenters. The minimum absolute atomic E-state index is 0.0246. The van der Waals surface area contributed by atoms with Crippen LogP contribution in [0.3, 0.4) is 0 Å². The second-order valence-electron chi connectivity index (χ2n) is 9.44. The van der Waals surface area contributed by atoms with Crippen LogP contribution in [0, 0.1) is 5.41 Å². The normalized spacial score (nSPS) is 25.4. The molecule has 0 saturated carbocycles. The lowest BCUT2D eigenvalue weighted by molar-refractivity contribution is -0.128. The van der Waals surface area contributed by atoms with Crippen LogP contribution in [0.5, 0.6) is 0 Å². The fourth-order valence-electron chi connectivity index (χ4n) is 5.48. The minimum Gasteiger partial charge on any atom is -0.356 e. The summed E-state index contributed by atoms with van der Waals surface area (Å²) in [5.41, 5.74) is 4.35. The van der Waals surface area contributed by atoms with Crippen LogP contribution in [0.4, 0.5) is 0 Å². The largest absolute Gasteiger partial charge is 0.356 e. The first kappa shape index (κ1) is 20.3. The van der Waals surface area contributed by atoms with E-state index in [0.717, 1.165) is 70.3 Å². The molecular formula is C26H31N3O2. The third-order valence-electron chi connectivity index (χ3n) is 7.41. The van der Waals surface area contributed by atoms with E-state index in [2.05, 4.69) is 51.9 Å². The van der Waals surface area contributed by atoms with E-state index in [0.29, 0.717) is 0 Å². The number of hydrogen-bond donors (Lipinski definition) is 2. The van der Waals surface area contributed by atoms with E-state index in [-0.39, 0.29) is 23.3 Å². The summed E-state index contributed by atoms with van der Waals surface area (Å²) >= 11 is 0. The van der Waals surface area contributed by atoms with Gasteiger partial charge in [0.05, 0.1) is 5.41 Å². The van der Waals surface area contributed by atoms with Crippen molar-refractivity contribution in [1.82, 2.24) is 15.5 Å². The monoisotopic (exact) mass is 417 g/mol. The van der Waals surface area contributed by atoms with Gasteiger partial charge >= 0.3 is 0 Å². The van der Waals surface area contributed by atoms with Gasteiger partial charge in [0, 0.05) is 37.8 Å². The Bertz CT molecular complexity index is 974. The molecule has 2 atom stereocenters. The van der Waals surface area contributed by atoms with Crippen molar-refractivity contribution in [2.45, 2.75) is 44.6 Å². The second-order valence-corrected chi connectivity index (χ2v) is 9.44. The molecule has 2 fully saturated rings. The molecule has 5 heteroatoms. The number of aryl methyl sites for hydroxylation is 1. The van der Waals surface area contributed by atoms with Crippen molar-refractivity contribution in [2.75, 3.05) is 26.2 Å². The van der Waals surface area contributed by atoms with Gasteiger partial charge < -0.3 is 15.5 Å². The van der Waals surface area contributed by atoms with E-state index in [9.17, 15) is 9.59 Å². The summed E-state index contributed by atoms with van der Waals surface area (Å²) in [6.07, 6.45) is 5.54. The predicted molar refractivity (Wildman–Crippen MR) is 121 cm³/mol. The van der Waals surface area contributed by atoms with Crippen LogP contribution < -0.4 is 10.6 Å². The Balaban J connectivity index is 1.16. The van der Waals surface area contributed by atoms with Crippen LogP contribution in [0.1, 0.15) is 46.3 Å². The van der Waals surface area contributed by atoms with Gasteiger partial charge in [-0.05, 0) is 67.3 Å². The van der Waals surface area contributed by atoms with E-state index >= 15 is 0 Å². The number of nitrogens with one attached hydrogen (secondary N) is 2. The molecule has 2 amide bonds. The smallest absolute Gasteiger partial charge is 0.251 e. The molecule has 0 aromatic heterocycles. The Morgan fingerprint density at radius 3 is 2.81 bits per heavy atom. The molecular weight excluding hydrogens is 386 g/mol. The average molecular weight is 418 g/mol. The maximum absolute atomic E-state index is 12.9. The summed E-state index contributed by atoms with van der Waals surface area (Å²) in [6.45, 7) is 3.77. The molecule has 2 N–H and O–H groups in total. The Morgan fingerprint density at radius 1 is 1.13 bits per heavy atom. The summed E-state index contributed by atoms with van der Waals surface area (Å²) in [5, 5.41) is 6.24. The molecule has 1 spiro atoms. The number of fused-ring (bicyclic) bond motifs is 1. The van der Waals surface area contributed by atoms with E-state index in [1.54, 1.807) is 0 Å². The zero-order chi connectivity index (χ0) is 21.3. The topological polar surface area (TPSA) is 61.4 Å². The van der Waals surface area contributed by atoms with Crippen molar-refractivity contribution < 1.29 is 9.59 Å². The van der Waals surface area contributed by atoms with Crippen LogP contribution in [0.25, 0.3) is 0 Å². The average Bonchev–Trinajstić information content (AvgIpc) is 3.39. The maximum Gasteiger partial charge on any atom is 0.251 e. The van der Waals surface area contributed by atoms with Crippen molar-refractivity contribution in [2.24, 2.45) is 5.41 Å². The fourth-order valence-corrected chi connectivity index (χ4v) is 5.48. The van der Waals surface area contributed by atoms with Crippen molar-refractivity contribution in [1.29, 1.82) is 0 Å². The van der Waals surface area contributed by atoms with Crippen LogP contribution in [-0.2, 0) is 24.1 Å². The number of amides is 2. The number of carbonyl (C=O) groups excluding carboxylic acids is 2. The van der Waals surface area contributed by atoms with Crippen LogP contribution in [0.15, 0.2) is 48.5 Å². The lowest BCUT2D eigenvalue weighted by Gasteiger charge is -2.32. The fraction of sp³-hybridized carbons (Fsp3) is 0.462. The highest BCUT2D eigenvalue weighted by Gasteiger charge is 2.44. The molecule has 0 bridgehead atoms. The van der Waals surface area contributed by atoms with E-state index in [1.165, 1.54) is 16.7 Å². The highest BCUT2D eigenvalue weighted by Crippen LogP contribution is 2.41. The highest BCUT2D eigenvalue weighted by atomic mass is 16.2. The van der Waals surface area contributed by atoms with E-state index in [4.69, 9.17) is 0 Å². The zero-order valence-corrected chi connectivity index (χ0v) is 18.0. The van der Waals surface area contributed by atoms with Crippen LogP contribution in [0.2, 0.25) is 0 Å².